The van der Waals surface area contributed by atoms with E-state index in [4.69, 9.17) is 16.3 Å². The van der Waals surface area contributed by atoms with Crippen LogP contribution in [0.25, 0.3) is 11.1 Å². The fourth-order valence-electron chi connectivity index (χ4n) is 6.74. The van der Waals surface area contributed by atoms with Crippen LogP contribution >= 0.6 is 11.6 Å². The van der Waals surface area contributed by atoms with Gasteiger partial charge in [-0.3, -0.25) is 23.9 Å². The second kappa shape index (κ2) is 14.3. The van der Waals surface area contributed by atoms with Crippen molar-refractivity contribution < 1.29 is 45.8 Å². The number of carboxylic acid groups (broad SMARTS) is 1. The molecule has 274 valence electrons. The maximum atomic E-state index is 16.1. The minimum atomic E-state index is -5.00. The maximum Gasteiger partial charge on any atom is 0.416 e. The van der Waals surface area contributed by atoms with E-state index in [9.17, 15) is 37.1 Å². The SMILES string of the molecule is Cc1cc2cc(c1F)[C@H](CC(=O)O)NC(=O)[C@H](n1cc(CCN3CC(F)C3)c(C(F)(F)F)cc1=O)c1cc(cc(Cl)c1F)COc1cccc(C)c1-2. The Labute approximate surface area is 298 Å². The van der Waals surface area contributed by atoms with Crippen molar-refractivity contribution in [3.8, 4) is 16.9 Å². The van der Waals surface area contributed by atoms with E-state index in [0.29, 0.717) is 21.4 Å². The molecule has 3 heterocycles. The van der Waals surface area contributed by atoms with Gasteiger partial charge in [0.25, 0.3) is 5.56 Å². The number of aromatic nitrogens is 1. The first-order valence-corrected chi connectivity index (χ1v) is 16.6. The Bertz CT molecular complexity index is 2130. The highest BCUT2D eigenvalue weighted by atomic mass is 35.5. The number of halogens is 7. The summed E-state index contributed by atoms with van der Waals surface area (Å²) in [5, 5.41) is 11.8. The summed E-state index contributed by atoms with van der Waals surface area (Å²) in [6, 6.07) is 7.08. The molecule has 3 aromatic carbocycles. The summed E-state index contributed by atoms with van der Waals surface area (Å²) in [4.78, 5) is 41.7. The van der Waals surface area contributed by atoms with Crippen molar-refractivity contribution in [1.82, 2.24) is 14.8 Å². The number of hydrogen-bond donors (Lipinski definition) is 2. The molecule has 0 radical (unpaired) electrons. The molecule has 52 heavy (non-hydrogen) atoms. The van der Waals surface area contributed by atoms with Gasteiger partial charge in [-0.15, -0.1) is 0 Å². The number of aliphatic carboxylic acids is 1. The molecule has 1 saturated heterocycles. The van der Waals surface area contributed by atoms with Crippen LogP contribution in [0.15, 0.2) is 59.5 Å². The van der Waals surface area contributed by atoms with E-state index >= 15 is 8.78 Å². The van der Waals surface area contributed by atoms with Gasteiger partial charge in [0, 0.05) is 48.6 Å². The normalized spacial score (nSPS) is 18.1. The minimum Gasteiger partial charge on any atom is -0.488 e. The largest absolute Gasteiger partial charge is 0.488 e. The van der Waals surface area contributed by atoms with E-state index in [0.717, 1.165) is 11.8 Å². The molecule has 4 aromatic rings. The van der Waals surface area contributed by atoms with E-state index in [1.807, 2.05) is 0 Å². The lowest BCUT2D eigenvalue weighted by Gasteiger charge is -2.34. The quantitative estimate of drug-likeness (QED) is 0.205. The molecule has 2 aliphatic rings. The van der Waals surface area contributed by atoms with Gasteiger partial charge in [-0.05, 0) is 78.4 Å². The Hall–Kier alpha value is -4.82. The highest BCUT2D eigenvalue weighted by Crippen LogP contribution is 2.39. The number of fused-ring (bicyclic) bond motifs is 6. The molecule has 15 heteroatoms. The smallest absolute Gasteiger partial charge is 0.416 e. The molecule has 2 aliphatic heterocycles. The molecule has 2 atom stereocenters. The van der Waals surface area contributed by atoms with Crippen LogP contribution in [0.1, 0.15) is 57.4 Å². The Morgan fingerprint density at radius 1 is 1.02 bits per heavy atom. The molecule has 1 amide bonds. The van der Waals surface area contributed by atoms with E-state index < -0.39 is 81.6 Å². The van der Waals surface area contributed by atoms with Gasteiger partial charge in [0.2, 0.25) is 5.91 Å². The Morgan fingerprint density at radius 3 is 2.42 bits per heavy atom. The van der Waals surface area contributed by atoms with E-state index in [-0.39, 0.29) is 55.4 Å². The van der Waals surface area contributed by atoms with Crippen LogP contribution in [0.5, 0.6) is 5.75 Å². The fraction of sp³-hybridized carbons (Fsp3) is 0.324. The van der Waals surface area contributed by atoms with Crippen molar-refractivity contribution in [2.24, 2.45) is 0 Å². The molecule has 1 aromatic heterocycles. The van der Waals surface area contributed by atoms with Crippen LogP contribution in [0.4, 0.5) is 26.3 Å². The molecular weight excluding hydrogens is 716 g/mol. The van der Waals surface area contributed by atoms with Crippen molar-refractivity contribution in [3.63, 3.8) is 0 Å². The molecule has 0 saturated carbocycles. The lowest BCUT2D eigenvalue weighted by Crippen LogP contribution is -2.49. The minimum absolute atomic E-state index is 0.0108. The molecule has 4 bridgehead atoms. The lowest BCUT2D eigenvalue weighted by atomic mass is 9.91. The third-order valence-electron chi connectivity index (χ3n) is 9.29. The number of pyridine rings is 1. The van der Waals surface area contributed by atoms with Gasteiger partial charge in [0.1, 0.15) is 36.2 Å². The van der Waals surface area contributed by atoms with Crippen molar-refractivity contribution >= 4 is 23.5 Å². The van der Waals surface area contributed by atoms with E-state index in [1.165, 1.54) is 31.2 Å². The number of benzene rings is 3. The van der Waals surface area contributed by atoms with Gasteiger partial charge < -0.3 is 15.2 Å². The second-order valence-corrected chi connectivity index (χ2v) is 13.4. The average molecular weight is 748 g/mol. The third-order valence-corrected chi connectivity index (χ3v) is 9.56. The zero-order valence-electron chi connectivity index (χ0n) is 27.8. The number of nitrogens with zero attached hydrogens (tertiary/aromatic N) is 2. The third kappa shape index (κ3) is 7.40. The van der Waals surface area contributed by atoms with Crippen LogP contribution in [0, 0.1) is 25.5 Å². The summed E-state index contributed by atoms with van der Waals surface area (Å²) < 4.78 is 94.9. The van der Waals surface area contributed by atoms with Gasteiger partial charge in [0.05, 0.1) is 23.0 Å². The predicted molar refractivity (Wildman–Crippen MR) is 179 cm³/mol. The van der Waals surface area contributed by atoms with Crippen LogP contribution in [0.2, 0.25) is 5.02 Å². The summed E-state index contributed by atoms with van der Waals surface area (Å²) in [7, 11) is 0. The molecule has 0 aliphatic carbocycles. The van der Waals surface area contributed by atoms with Gasteiger partial charge in [-0.1, -0.05) is 23.7 Å². The number of carbonyl (C=O) groups excluding carboxylic acids is 1. The standard InChI is InChI=1S/C37H32ClF6N3O5/c1-18-4-3-5-29-32(18)22-8-19(2)33(40)24(11-22)28(13-31(49)50)45-36(51)35(25-9-20(17-52-29)10-27(38)34(25)41)47-14-21(6-7-46-15-23(39)16-46)26(12-30(47)48)37(42,43)44/h3-5,8-12,14,23,28,35H,6-7,13,15-17H2,1-2H3,(H,45,51)(H,49,50)/t28-,35+/m0/s1. The lowest BCUT2D eigenvalue weighted by molar-refractivity contribution is -0.139. The van der Waals surface area contributed by atoms with Crippen LogP contribution < -0.4 is 15.6 Å². The van der Waals surface area contributed by atoms with Gasteiger partial charge in [-0.2, -0.15) is 13.2 Å². The number of aryl methyl sites for hydroxylation is 2. The molecular formula is C37H32ClF6N3O5. The van der Waals surface area contributed by atoms with Crippen molar-refractivity contribution in [1.29, 1.82) is 0 Å². The number of alkyl halides is 4. The topological polar surface area (TPSA) is 101 Å². The number of nitrogens with one attached hydrogen (secondary N) is 1. The van der Waals surface area contributed by atoms with Crippen LogP contribution in [-0.2, 0) is 28.8 Å². The molecule has 2 N–H and O–H groups in total. The molecule has 6 rings (SSSR count). The summed E-state index contributed by atoms with van der Waals surface area (Å²) in [6.45, 7) is 3.00. The Balaban J connectivity index is 1.58. The van der Waals surface area contributed by atoms with E-state index in [1.54, 1.807) is 30.0 Å². The van der Waals surface area contributed by atoms with Gasteiger partial charge in [-0.25, -0.2) is 13.2 Å². The summed E-state index contributed by atoms with van der Waals surface area (Å²) in [5.74, 6) is -4.38. The predicted octanol–water partition coefficient (Wildman–Crippen LogP) is 7.09. The van der Waals surface area contributed by atoms with Crippen molar-refractivity contribution in [2.45, 2.75) is 57.7 Å². The first-order chi connectivity index (χ1) is 24.5. The molecule has 8 nitrogen and oxygen atoms in total. The first kappa shape index (κ1) is 37.0. The Morgan fingerprint density at radius 2 is 1.75 bits per heavy atom. The highest BCUT2D eigenvalue weighted by Gasteiger charge is 2.38. The fourth-order valence-corrected chi connectivity index (χ4v) is 6.99. The number of ether oxygens (including phenoxy) is 1. The monoisotopic (exact) mass is 747 g/mol. The number of likely N-dealkylation sites (tertiary alicyclic amines) is 1. The average Bonchev–Trinajstić information content (AvgIpc) is 3.04. The highest BCUT2D eigenvalue weighted by molar-refractivity contribution is 6.30. The van der Waals surface area contributed by atoms with Gasteiger partial charge in [0.15, 0.2) is 0 Å². The van der Waals surface area contributed by atoms with Crippen molar-refractivity contribution in [2.75, 3.05) is 19.6 Å². The number of hydrogen-bond acceptors (Lipinski definition) is 5. The van der Waals surface area contributed by atoms with Crippen LogP contribution in [-0.4, -0.2) is 52.3 Å². The summed E-state index contributed by atoms with van der Waals surface area (Å²) in [5.41, 5.74) is -1.84. The van der Waals surface area contributed by atoms with E-state index in [2.05, 4.69) is 5.32 Å². The number of carboxylic acids is 1. The summed E-state index contributed by atoms with van der Waals surface area (Å²) >= 11 is 6.31. The molecule has 1 fully saturated rings. The number of rotatable bonds is 6. The maximum absolute atomic E-state index is 16.1. The second-order valence-electron chi connectivity index (χ2n) is 13.0. The zero-order valence-corrected chi connectivity index (χ0v) is 28.5. The summed E-state index contributed by atoms with van der Waals surface area (Å²) in [6.07, 6.45) is -6.51. The zero-order chi connectivity index (χ0) is 37.6. The Kier molecular flexibility index (Phi) is 10.2. The van der Waals surface area contributed by atoms with Crippen molar-refractivity contribution in [3.05, 3.63) is 121 Å². The molecule has 0 spiro atoms. The van der Waals surface area contributed by atoms with Gasteiger partial charge >= 0.3 is 12.1 Å². The number of amides is 1. The number of carbonyl (C=O) groups is 2. The first-order valence-electron chi connectivity index (χ1n) is 16.2. The van der Waals surface area contributed by atoms with Crippen LogP contribution in [0.3, 0.4) is 0 Å². The molecule has 0 unspecified atom stereocenters.